The summed E-state index contributed by atoms with van der Waals surface area (Å²) in [5.41, 5.74) is 5.21. The third-order valence-electron chi connectivity index (χ3n) is 2.65. The Kier molecular flexibility index (Phi) is 3.63. The first-order chi connectivity index (χ1) is 8.58. The molecule has 18 heavy (non-hydrogen) atoms. The predicted octanol–water partition coefficient (Wildman–Crippen LogP) is 2.63. The van der Waals surface area contributed by atoms with Crippen molar-refractivity contribution in [2.45, 2.75) is 13.8 Å². The van der Waals surface area contributed by atoms with Crippen molar-refractivity contribution in [3.63, 3.8) is 0 Å². The number of aromatic nitrogens is 1. The topological polar surface area (TPSA) is 33.0 Å². The van der Waals surface area contributed by atoms with Gasteiger partial charge < -0.3 is 0 Å². The fourth-order valence-electron chi connectivity index (χ4n) is 1.64. The quantitative estimate of drug-likeness (QED) is 0.829. The van der Waals surface area contributed by atoms with Gasteiger partial charge in [0.1, 0.15) is 0 Å². The molecule has 1 N–H and O–H groups in total. The summed E-state index contributed by atoms with van der Waals surface area (Å²) in [4.78, 5) is 12.1. The average Bonchev–Trinajstić information content (AvgIpc) is 2.35. The Hall–Kier alpha value is -1.87. The van der Waals surface area contributed by atoms with Crippen molar-refractivity contribution in [1.82, 2.24) is 0 Å². The van der Waals surface area contributed by atoms with Gasteiger partial charge in [0.15, 0.2) is 6.20 Å². The monoisotopic (exact) mass is 261 g/mol. The number of amides is 1. The van der Waals surface area contributed by atoms with Crippen LogP contribution in [0.3, 0.4) is 0 Å². The van der Waals surface area contributed by atoms with E-state index >= 15 is 0 Å². The molecule has 0 aliphatic rings. The molecule has 92 valence electrons. The summed E-state index contributed by atoms with van der Waals surface area (Å²) in [6.45, 7) is 3.84. The highest BCUT2D eigenvalue weighted by Gasteiger charge is 2.15. The molecule has 1 aromatic heterocycles. The van der Waals surface area contributed by atoms with Crippen molar-refractivity contribution in [3.05, 3.63) is 64.4 Å². The minimum atomic E-state index is -0.219. The third kappa shape index (κ3) is 2.68. The van der Waals surface area contributed by atoms with Crippen molar-refractivity contribution in [2.75, 3.05) is 5.43 Å². The van der Waals surface area contributed by atoms with Crippen LogP contribution in [0, 0.1) is 13.8 Å². The molecule has 1 amide bonds. The van der Waals surface area contributed by atoms with Crippen LogP contribution in [0.2, 0.25) is 5.02 Å². The van der Waals surface area contributed by atoms with Crippen LogP contribution < -0.4 is 10.1 Å². The number of aryl methyl sites for hydroxylation is 2. The lowest BCUT2D eigenvalue weighted by molar-refractivity contribution is -0.647. The molecule has 0 spiro atoms. The number of benzene rings is 1. The number of pyridine rings is 1. The lowest BCUT2D eigenvalue weighted by atomic mass is 10.1. The normalized spacial score (nSPS) is 10.2. The molecule has 0 aliphatic heterocycles. The van der Waals surface area contributed by atoms with E-state index in [9.17, 15) is 4.79 Å². The Labute approximate surface area is 111 Å². The second-order valence-corrected chi connectivity index (χ2v) is 4.54. The van der Waals surface area contributed by atoms with E-state index in [0.29, 0.717) is 10.6 Å². The van der Waals surface area contributed by atoms with E-state index in [0.717, 1.165) is 11.3 Å². The minimum absolute atomic E-state index is 0.219. The Bertz CT molecular complexity index is 596. The standard InChI is InChI=1S/C14H13ClN2O/c1-10-6-7-13(15)12(9-10)14(18)16-17-8-4-3-5-11(17)2/h3-9H,1-2H3/p+1. The van der Waals surface area contributed by atoms with Gasteiger partial charge in [0, 0.05) is 19.1 Å². The highest BCUT2D eigenvalue weighted by molar-refractivity contribution is 6.34. The zero-order chi connectivity index (χ0) is 13.1. The van der Waals surface area contributed by atoms with Gasteiger partial charge in [-0.15, -0.1) is 5.43 Å². The number of nitrogens with one attached hydrogen (secondary N) is 1. The zero-order valence-electron chi connectivity index (χ0n) is 10.3. The summed E-state index contributed by atoms with van der Waals surface area (Å²) in [5.74, 6) is -0.219. The van der Waals surface area contributed by atoms with Gasteiger partial charge in [-0.1, -0.05) is 27.9 Å². The Balaban J connectivity index is 2.28. The Morgan fingerprint density at radius 3 is 2.72 bits per heavy atom. The second-order valence-electron chi connectivity index (χ2n) is 4.14. The van der Waals surface area contributed by atoms with Crippen molar-refractivity contribution < 1.29 is 9.47 Å². The molecule has 2 aromatic rings. The fraction of sp³-hybridized carbons (Fsp3) is 0.143. The number of halogens is 1. The smallest absolute Gasteiger partial charge is 0.263 e. The molecule has 0 fully saturated rings. The summed E-state index contributed by atoms with van der Waals surface area (Å²) in [7, 11) is 0. The first-order valence-corrected chi connectivity index (χ1v) is 6.00. The van der Waals surface area contributed by atoms with Crippen LogP contribution in [0.15, 0.2) is 42.6 Å². The van der Waals surface area contributed by atoms with Crippen molar-refractivity contribution in [3.8, 4) is 0 Å². The molecule has 0 saturated heterocycles. The maximum atomic E-state index is 12.1. The van der Waals surface area contributed by atoms with E-state index in [-0.39, 0.29) is 5.91 Å². The average molecular weight is 262 g/mol. The number of nitrogens with zero attached hydrogens (tertiary/aromatic N) is 1. The number of rotatable bonds is 2. The van der Waals surface area contributed by atoms with Gasteiger partial charge in [0.05, 0.1) is 10.6 Å². The number of carbonyl (C=O) groups is 1. The summed E-state index contributed by atoms with van der Waals surface area (Å²) in [5, 5.41) is 0.451. The highest BCUT2D eigenvalue weighted by Crippen LogP contribution is 2.17. The van der Waals surface area contributed by atoms with Crippen molar-refractivity contribution >= 4 is 17.5 Å². The summed E-state index contributed by atoms with van der Waals surface area (Å²) in [6, 6.07) is 11.1. The molecule has 0 aliphatic carbocycles. The molecule has 0 bridgehead atoms. The van der Waals surface area contributed by atoms with E-state index in [1.807, 2.05) is 38.1 Å². The highest BCUT2D eigenvalue weighted by atomic mass is 35.5. The van der Waals surface area contributed by atoms with Gasteiger partial charge in [-0.05, 0) is 25.1 Å². The molecule has 0 atom stereocenters. The van der Waals surface area contributed by atoms with Gasteiger partial charge in [-0.3, -0.25) is 4.79 Å². The van der Waals surface area contributed by atoms with Crippen LogP contribution in [0.25, 0.3) is 0 Å². The van der Waals surface area contributed by atoms with E-state index in [1.54, 1.807) is 23.0 Å². The van der Waals surface area contributed by atoms with E-state index in [2.05, 4.69) is 5.43 Å². The molecule has 4 heteroatoms. The van der Waals surface area contributed by atoms with Crippen LogP contribution in [-0.4, -0.2) is 5.91 Å². The maximum Gasteiger partial charge on any atom is 0.306 e. The van der Waals surface area contributed by atoms with Gasteiger partial charge in [-0.25, -0.2) is 0 Å². The maximum absolute atomic E-state index is 12.1. The molecule has 3 nitrogen and oxygen atoms in total. The van der Waals surface area contributed by atoms with Crippen LogP contribution in [-0.2, 0) is 0 Å². The van der Waals surface area contributed by atoms with Gasteiger partial charge in [-0.2, -0.15) is 0 Å². The van der Waals surface area contributed by atoms with Crippen molar-refractivity contribution in [2.24, 2.45) is 0 Å². The van der Waals surface area contributed by atoms with Crippen LogP contribution in [0.4, 0.5) is 0 Å². The molecular weight excluding hydrogens is 248 g/mol. The molecule has 1 aromatic carbocycles. The molecule has 0 radical (unpaired) electrons. The Morgan fingerprint density at radius 1 is 1.22 bits per heavy atom. The predicted molar refractivity (Wildman–Crippen MR) is 71.3 cm³/mol. The molecule has 1 heterocycles. The lowest BCUT2D eigenvalue weighted by Crippen LogP contribution is -2.50. The van der Waals surface area contributed by atoms with Crippen LogP contribution in [0.5, 0.6) is 0 Å². The van der Waals surface area contributed by atoms with Gasteiger partial charge >= 0.3 is 5.91 Å². The lowest BCUT2D eigenvalue weighted by Gasteiger charge is -2.04. The van der Waals surface area contributed by atoms with Crippen LogP contribution in [0.1, 0.15) is 21.6 Å². The molecule has 2 rings (SSSR count). The SMILES string of the molecule is Cc1ccc(Cl)c(C(=O)N[n+]2ccccc2C)c1. The zero-order valence-corrected chi connectivity index (χ0v) is 11.0. The van der Waals surface area contributed by atoms with E-state index in [1.165, 1.54) is 0 Å². The third-order valence-corrected chi connectivity index (χ3v) is 2.98. The summed E-state index contributed by atoms with van der Waals surface area (Å²) in [6.07, 6.45) is 1.79. The molecular formula is C14H14ClN2O+. The Morgan fingerprint density at radius 2 is 2.00 bits per heavy atom. The first-order valence-electron chi connectivity index (χ1n) is 5.63. The van der Waals surface area contributed by atoms with E-state index < -0.39 is 0 Å². The number of carbonyl (C=O) groups excluding carboxylic acids is 1. The molecule has 0 saturated carbocycles. The molecule has 0 unspecified atom stereocenters. The van der Waals surface area contributed by atoms with E-state index in [4.69, 9.17) is 11.6 Å². The van der Waals surface area contributed by atoms with Gasteiger partial charge in [0.2, 0.25) is 5.69 Å². The van der Waals surface area contributed by atoms with Crippen molar-refractivity contribution in [1.29, 1.82) is 0 Å². The first kappa shape index (κ1) is 12.6. The minimum Gasteiger partial charge on any atom is -0.263 e. The second kappa shape index (κ2) is 5.19. The summed E-state index contributed by atoms with van der Waals surface area (Å²) >= 11 is 6.03. The largest absolute Gasteiger partial charge is 0.306 e. The fourth-order valence-corrected chi connectivity index (χ4v) is 1.84. The number of hydrogen-bond donors (Lipinski definition) is 1. The summed E-state index contributed by atoms with van der Waals surface area (Å²) < 4.78 is 1.67. The van der Waals surface area contributed by atoms with Crippen LogP contribution >= 0.6 is 11.6 Å². The number of hydrogen-bond acceptors (Lipinski definition) is 1. The van der Waals surface area contributed by atoms with Gasteiger partial charge in [0.25, 0.3) is 0 Å².